The van der Waals surface area contributed by atoms with Gasteiger partial charge in [-0.15, -0.1) is 0 Å². The number of sulfonamides is 1. The van der Waals surface area contributed by atoms with Crippen LogP contribution in [0.4, 0.5) is 16.3 Å². The fraction of sp³-hybridized carbons (Fsp3) is 0.409. The predicted molar refractivity (Wildman–Crippen MR) is 132 cm³/mol. The third-order valence-electron chi connectivity index (χ3n) is 5.94. The molecule has 0 radical (unpaired) electrons. The van der Waals surface area contributed by atoms with Gasteiger partial charge in [-0.3, -0.25) is 14.7 Å². The summed E-state index contributed by atoms with van der Waals surface area (Å²) in [7, 11) is -3.85. The van der Waals surface area contributed by atoms with E-state index in [0.29, 0.717) is 17.9 Å². The summed E-state index contributed by atoms with van der Waals surface area (Å²) in [4.78, 5) is 37.9. The Bertz CT molecular complexity index is 1490. The van der Waals surface area contributed by atoms with Crippen LogP contribution in [0.15, 0.2) is 41.8 Å². The lowest BCUT2D eigenvalue weighted by Crippen LogP contribution is -2.42. The van der Waals surface area contributed by atoms with E-state index in [1.807, 2.05) is 6.92 Å². The molecular weight excluding hydrogens is 520 g/mol. The molecule has 5 N–H and O–H groups in total. The molecule has 202 valence electrons. The second kappa shape index (κ2) is 9.55. The van der Waals surface area contributed by atoms with Gasteiger partial charge in [-0.25, -0.2) is 33.3 Å². The number of benzene rings is 1. The van der Waals surface area contributed by atoms with Crippen LogP contribution in [0.5, 0.6) is 0 Å². The molecule has 2 fully saturated rings. The molecular formula is C22H26N8O7S. The van der Waals surface area contributed by atoms with Gasteiger partial charge in [0, 0.05) is 12.2 Å². The van der Waals surface area contributed by atoms with E-state index in [4.69, 9.17) is 19.3 Å². The van der Waals surface area contributed by atoms with Crippen molar-refractivity contribution in [1.82, 2.24) is 24.8 Å². The first-order valence-corrected chi connectivity index (χ1v) is 13.2. The number of carbonyl (C=O) groups excluding carboxylic acids is 2. The number of urea groups is 1. The number of aromatic nitrogens is 4. The first-order valence-electron chi connectivity index (χ1n) is 11.6. The quantitative estimate of drug-likeness (QED) is 0.340. The first kappa shape index (κ1) is 25.9. The van der Waals surface area contributed by atoms with Gasteiger partial charge in [0.2, 0.25) is 10.0 Å². The van der Waals surface area contributed by atoms with Crippen molar-refractivity contribution in [3.05, 3.63) is 36.9 Å². The number of likely N-dealkylation sites (N-methyl/N-ethyl adjacent to an activating group) is 1. The number of fused-ring (bicyclic) bond motifs is 2. The first-order chi connectivity index (χ1) is 18.0. The summed E-state index contributed by atoms with van der Waals surface area (Å²) in [5, 5.41) is 13.0. The Morgan fingerprint density at radius 3 is 2.47 bits per heavy atom. The number of anilines is 2. The number of amides is 3. The van der Waals surface area contributed by atoms with Crippen molar-refractivity contribution in [2.45, 2.75) is 56.0 Å². The van der Waals surface area contributed by atoms with Gasteiger partial charge in [-0.05, 0) is 45.0 Å². The van der Waals surface area contributed by atoms with Gasteiger partial charge in [0.15, 0.2) is 35.1 Å². The minimum absolute atomic E-state index is 0.0858. The van der Waals surface area contributed by atoms with Crippen LogP contribution in [0.2, 0.25) is 0 Å². The maximum absolute atomic E-state index is 12.7. The largest absolute Gasteiger partial charge is 0.354 e. The molecule has 2 aliphatic rings. The summed E-state index contributed by atoms with van der Waals surface area (Å²) in [5.74, 6) is -1.13. The SMILES string of the molecule is CCNC(=O)[C@H]1O[C@@H](n2cnc3c(NC(=O)Nc4ccc(S(N)(=O)=O)cc4)ncnc32)[C@@H]2OC(C)(C)O[C@@H]21. The van der Waals surface area contributed by atoms with Gasteiger partial charge in [0.1, 0.15) is 18.5 Å². The summed E-state index contributed by atoms with van der Waals surface area (Å²) >= 11 is 0. The lowest BCUT2D eigenvalue weighted by molar-refractivity contribution is -0.197. The zero-order valence-electron chi connectivity index (χ0n) is 20.6. The van der Waals surface area contributed by atoms with Gasteiger partial charge in [0.25, 0.3) is 5.91 Å². The zero-order chi connectivity index (χ0) is 27.2. The van der Waals surface area contributed by atoms with Crippen LogP contribution >= 0.6 is 0 Å². The Morgan fingerprint density at radius 2 is 1.79 bits per heavy atom. The molecule has 2 aliphatic heterocycles. The fourth-order valence-corrected chi connectivity index (χ4v) is 4.93. The Balaban J connectivity index is 1.37. The molecule has 4 heterocycles. The van der Waals surface area contributed by atoms with E-state index in [2.05, 4.69) is 30.9 Å². The highest BCUT2D eigenvalue weighted by molar-refractivity contribution is 7.89. The number of nitrogens with two attached hydrogens (primary N) is 1. The molecule has 38 heavy (non-hydrogen) atoms. The number of rotatable bonds is 6. The number of imidazole rings is 1. The van der Waals surface area contributed by atoms with Crippen LogP contribution in [-0.4, -0.2) is 70.5 Å². The van der Waals surface area contributed by atoms with E-state index >= 15 is 0 Å². The number of hydrogen-bond acceptors (Lipinski definition) is 10. The number of nitrogens with one attached hydrogen (secondary N) is 3. The molecule has 16 heteroatoms. The number of ether oxygens (including phenoxy) is 3. The third kappa shape index (κ3) is 4.91. The van der Waals surface area contributed by atoms with Crippen molar-refractivity contribution in [1.29, 1.82) is 0 Å². The molecule has 5 rings (SSSR count). The molecule has 0 unspecified atom stereocenters. The average Bonchev–Trinajstić information content (AvgIpc) is 3.50. The van der Waals surface area contributed by atoms with E-state index in [-0.39, 0.29) is 22.1 Å². The number of hydrogen-bond donors (Lipinski definition) is 4. The van der Waals surface area contributed by atoms with Gasteiger partial charge in [0.05, 0.1) is 11.2 Å². The highest BCUT2D eigenvalue weighted by atomic mass is 32.2. The Morgan fingerprint density at radius 1 is 1.08 bits per heavy atom. The minimum atomic E-state index is -3.85. The van der Waals surface area contributed by atoms with E-state index in [1.165, 1.54) is 36.9 Å². The van der Waals surface area contributed by atoms with Crippen molar-refractivity contribution in [3.8, 4) is 0 Å². The Labute approximate surface area is 217 Å². The lowest BCUT2D eigenvalue weighted by atomic mass is 10.1. The molecule has 4 atom stereocenters. The lowest BCUT2D eigenvalue weighted by Gasteiger charge is -2.24. The van der Waals surface area contributed by atoms with Crippen LogP contribution in [0.3, 0.4) is 0 Å². The summed E-state index contributed by atoms with van der Waals surface area (Å²) < 4.78 is 42.5. The van der Waals surface area contributed by atoms with Gasteiger partial charge in [-0.1, -0.05) is 0 Å². The molecule has 3 aromatic rings. The van der Waals surface area contributed by atoms with Gasteiger partial charge in [-0.2, -0.15) is 0 Å². The van der Waals surface area contributed by atoms with Crippen LogP contribution in [0.25, 0.3) is 11.2 Å². The Hall–Kier alpha value is -3.70. The monoisotopic (exact) mass is 546 g/mol. The summed E-state index contributed by atoms with van der Waals surface area (Å²) in [6, 6.07) is 4.69. The predicted octanol–water partition coefficient (Wildman–Crippen LogP) is 0.671. The zero-order valence-corrected chi connectivity index (χ0v) is 21.4. The van der Waals surface area contributed by atoms with Crippen LogP contribution < -0.4 is 21.1 Å². The summed E-state index contributed by atoms with van der Waals surface area (Å²) in [6.07, 6.45) is -0.246. The molecule has 0 aliphatic carbocycles. The number of primary sulfonamides is 1. The van der Waals surface area contributed by atoms with Crippen molar-refractivity contribution in [2.24, 2.45) is 5.14 Å². The second-order valence-electron chi connectivity index (χ2n) is 9.10. The van der Waals surface area contributed by atoms with Crippen molar-refractivity contribution in [3.63, 3.8) is 0 Å². The van der Waals surface area contributed by atoms with E-state index in [0.717, 1.165) is 0 Å². The van der Waals surface area contributed by atoms with Crippen LogP contribution in [0, 0.1) is 0 Å². The minimum Gasteiger partial charge on any atom is -0.354 e. The van der Waals surface area contributed by atoms with Crippen LogP contribution in [-0.2, 0) is 29.0 Å². The fourth-order valence-electron chi connectivity index (χ4n) is 4.41. The smallest absolute Gasteiger partial charge is 0.324 e. The maximum Gasteiger partial charge on any atom is 0.324 e. The maximum atomic E-state index is 12.7. The van der Waals surface area contributed by atoms with Crippen LogP contribution in [0.1, 0.15) is 27.0 Å². The second-order valence-corrected chi connectivity index (χ2v) is 10.7. The molecule has 1 aromatic carbocycles. The topological polar surface area (TPSA) is 202 Å². The molecule has 15 nitrogen and oxygen atoms in total. The highest BCUT2D eigenvalue weighted by Gasteiger charge is 2.58. The number of nitrogens with zero attached hydrogens (tertiary/aromatic N) is 4. The van der Waals surface area contributed by atoms with E-state index in [9.17, 15) is 18.0 Å². The molecule has 2 saturated heterocycles. The molecule has 0 saturated carbocycles. The average molecular weight is 547 g/mol. The van der Waals surface area contributed by atoms with Crippen molar-refractivity contribution >= 4 is 44.6 Å². The Kier molecular flexibility index (Phi) is 6.52. The highest BCUT2D eigenvalue weighted by Crippen LogP contribution is 2.44. The van der Waals surface area contributed by atoms with Crippen molar-refractivity contribution < 1.29 is 32.2 Å². The molecule has 3 amide bonds. The normalized spacial score (nSPS) is 24.2. The standard InChI is InChI=1S/C22H26N8O7S/c1-4-24-19(31)15-14-16(37-22(2,3)36-14)20(35-15)30-10-27-13-17(25-9-26-18(13)30)29-21(32)28-11-5-7-12(8-6-11)38(23,33)34/h5-10,14-16,20H,4H2,1-3H3,(H,24,31)(H2,23,33,34)(H2,25,26,28,29,32)/t14-,15+,16-,20-/m1/s1. The molecule has 2 aromatic heterocycles. The van der Waals surface area contributed by atoms with Gasteiger partial charge < -0.3 is 24.8 Å². The third-order valence-corrected chi connectivity index (χ3v) is 6.87. The summed E-state index contributed by atoms with van der Waals surface area (Å²) in [5.41, 5.74) is 0.932. The molecule has 0 bridgehead atoms. The number of carbonyl (C=O) groups is 2. The van der Waals surface area contributed by atoms with E-state index in [1.54, 1.807) is 18.4 Å². The van der Waals surface area contributed by atoms with Crippen molar-refractivity contribution in [2.75, 3.05) is 17.2 Å². The van der Waals surface area contributed by atoms with E-state index < -0.39 is 46.4 Å². The van der Waals surface area contributed by atoms with Gasteiger partial charge >= 0.3 is 6.03 Å². The summed E-state index contributed by atoms with van der Waals surface area (Å²) in [6.45, 7) is 5.75. The molecule has 0 spiro atoms.